The first-order valence-electron chi connectivity index (χ1n) is 24.3. The third kappa shape index (κ3) is 14.6. The number of ether oxygens (including phenoxy) is 7. The molecule has 2 aromatic rings. The molecule has 8 bridgehead atoms. The van der Waals surface area contributed by atoms with Gasteiger partial charge in [-0.2, -0.15) is 0 Å². The number of methoxy groups -OCH3 is 2. The van der Waals surface area contributed by atoms with Crippen LogP contribution < -0.4 is 0 Å². The lowest BCUT2D eigenvalue weighted by atomic mass is 9.79. The van der Waals surface area contributed by atoms with Gasteiger partial charge in [-0.15, -0.1) is 0 Å². The fraction of sp³-hybridized carbons (Fsp3) is 0.604. The highest BCUT2D eigenvalue weighted by Crippen LogP contribution is 2.40. The topological polar surface area (TPSA) is 194 Å². The number of hydrogen-bond acceptors (Lipinski definition) is 15. The third-order valence-electron chi connectivity index (χ3n) is 13.9. The predicted molar refractivity (Wildman–Crippen MR) is 261 cm³/mol. The summed E-state index contributed by atoms with van der Waals surface area (Å²) >= 11 is 3.28. The number of aliphatic hydroxyl groups excluding tert-OH is 2. The number of aliphatic hydroxyl groups is 3. The normalized spacial score (nSPS) is 36.1. The Bertz CT molecular complexity index is 2210. The Morgan fingerprint density at radius 3 is 2.57 bits per heavy atom. The fourth-order valence-corrected chi connectivity index (χ4v) is 10.6. The summed E-state index contributed by atoms with van der Waals surface area (Å²) in [6.07, 6.45) is 19.5. The Kier molecular flexibility index (Phi) is 18.9. The molecular weight excluding hydrogens is 952 g/mol. The number of hydrogen-bond donors (Lipinski definition) is 3. The number of rotatable bonds is 12. The standard InChI is InChI=1S/C53H71BrN2O13/c1-31(16-17-38(61-6)12-10-18-54)21-44(58)47-26-42(62-7)27-53(60,69-47)28-49-55-36(29-63-49)22-33(3)51-35(5)52-34(4)45(67-51)13-9-14-48-56-43(30-64-48)46-24-37(57)23-41(66-46)25-40-20-32(2)19-39(65-40)11-8-15-50(59)68-52/h8-10,14-18,21-22,29-30,34-35,37-42,44-47,51-52,57-58,60H,2,11-13,19-20,23-28H2,1,3-7H3/b14-9+,15-8-,17-16+,18-10+,31-21+,33-22+/t34-,35-,37-,38?,39-,40+,41-,42?,44?,45+,46+,47?,51-,52-,53?/m1/s1. The lowest BCUT2D eigenvalue weighted by Gasteiger charge is -2.44. The summed E-state index contributed by atoms with van der Waals surface area (Å²) in [6.45, 7) is 12.2. The molecule has 7 heterocycles. The van der Waals surface area contributed by atoms with Crippen molar-refractivity contribution < 1.29 is 62.1 Å². The average molecular weight is 1020 g/mol. The molecule has 0 aromatic carbocycles. The van der Waals surface area contributed by atoms with Gasteiger partial charge in [0.25, 0.3) is 0 Å². The zero-order chi connectivity index (χ0) is 49.2. The first-order valence-corrected chi connectivity index (χ1v) is 25.2. The minimum atomic E-state index is -1.73. The summed E-state index contributed by atoms with van der Waals surface area (Å²) in [6, 6.07) is 0. The van der Waals surface area contributed by atoms with Gasteiger partial charge < -0.3 is 57.3 Å². The van der Waals surface area contributed by atoms with Crippen LogP contribution in [0.15, 0.2) is 92.2 Å². The largest absolute Gasteiger partial charge is 0.458 e. The smallest absolute Gasteiger partial charge is 0.330 e. The summed E-state index contributed by atoms with van der Waals surface area (Å²) in [5, 5.41) is 33.9. The van der Waals surface area contributed by atoms with Crippen LogP contribution in [0.3, 0.4) is 0 Å². The Morgan fingerprint density at radius 1 is 0.986 bits per heavy atom. The molecule has 0 radical (unpaired) electrons. The molecule has 0 saturated carbocycles. The van der Waals surface area contributed by atoms with Crippen LogP contribution in [0.5, 0.6) is 0 Å². The van der Waals surface area contributed by atoms with E-state index in [0.29, 0.717) is 75.1 Å². The summed E-state index contributed by atoms with van der Waals surface area (Å²) in [4.78, 5) is 24.8. The van der Waals surface area contributed by atoms with Crippen molar-refractivity contribution in [1.29, 1.82) is 0 Å². The Labute approximate surface area is 414 Å². The second-order valence-electron chi connectivity index (χ2n) is 19.5. The maximum atomic E-state index is 13.6. The molecule has 7 rings (SSSR count). The Balaban J connectivity index is 1.06. The van der Waals surface area contributed by atoms with Gasteiger partial charge in [-0.1, -0.05) is 84.0 Å². The van der Waals surface area contributed by atoms with Crippen LogP contribution in [0.4, 0.5) is 0 Å². The molecule has 4 saturated heterocycles. The fourth-order valence-electron chi connectivity index (χ4n) is 10.4. The van der Waals surface area contributed by atoms with Gasteiger partial charge >= 0.3 is 5.97 Å². The van der Waals surface area contributed by atoms with Crippen molar-refractivity contribution in [2.75, 3.05) is 14.2 Å². The summed E-state index contributed by atoms with van der Waals surface area (Å²) < 4.78 is 55.2. The number of halogens is 1. The highest BCUT2D eigenvalue weighted by atomic mass is 79.9. The Hall–Kier alpha value is -3.81. The predicted octanol–water partition coefficient (Wildman–Crippen LogP) is 8.76. The van der Waals surface area contributed by atoms with Gasteiger partial charge in [-0.05, 0) is 75.1 Å². The van der Waals surface area contributed by atoms with Crippen LogP contribution in [0.25, 0.3) is 12.2 Å². The average Bonchev–Trinajstić information content (AvgIpc) is 3.96. The van der Waals surface area contributed by atoms with E-state index in [4.69, 9.17) is 52.0 Å². The van der Waals surface area contributed by atoms with Crippen molar-refractivity contribution in [2.45, 2.75) is 177 Å². The monoisotopic (exact) mass is 1020 g/mol. The second-order valence-corrected chi connectivity index (χ2v) is 20.0. The number of carbonyl (C=O) groups is 1. The molecule has 5 unspecified atom stereocenters. The van der Waals surface area contributed by atoms with Crippen LogP contribution in [0.2, 0.25) is 0 Å². The van der Waals surface area contributed by atoms with Crippen molar-refractivity contribution in [1.82, 2.24) is 9.97 Å². The molecule has 2 aromatic heterocycles. The third-order valence-corrected chi connectivity index (χ3v) is 14.2. The van der Waals surface area contributed by atoms with Gasteiger partial charge in [0.2, 0.25) is 5.89 Å². The van der Waals surface area contributed by atoms with E-state index in [9.17, 15) is 20.1 Å². The molecule has 0 amide bonds. The molecule has 378 valence electrons. The summed E-state index contributed by atoms with van der Waals surface area (Å²) in [7, 11) is 3.22. The van der Waals surface area contributed by atoms with E-state index in [1.807, 2.05) is 64.2 Å². The van der Waals surface area contributed by atoms with E-state index >= 15 is 0 Å². The molecule has 15 atom stereocenters. The first kappa shape index (κ1) is 53.0. The molecule has 5 aliphatic heterocycles. The molecule has 3 N–H and O–H groups in total. The zero-order valence-corrected chi connectivity index (χ0v) is 42.3. The highest BCUT2D eigenvalue weighted by Gasteiger charge is 2.45. The van der Waals surface area contributed by atoms with Gasteiger partial charge in [0, 0.05) is 57.8 Å². The number of allylic oxidation sites excluding steroid dienone is 2. The Morgan fingerprint density at radius 2 is 1.78 bits per heavy atom. The van der Waals surface area contributed by atoms with E-state index in [0.717, 1.165) is 16.7 Å². The molecule has 16 heteroatoms. The van der Waals surface area contributed by atoms with Gasteiger partial charge in [0.05, 0.1) is 67.5 Å². The molecule has 15 nitrogen and oxygen atoms in total. The van der Waals surface area contributed by atoms with Crippen LogP contribution in [-0.4, -0.2) is 118 Å². The first-order chi connectivity index (χ1) is 33.1. The van der Waals surface area contributed by atoms with Crippen molar-refractivity contribution in [2.24, 2.45) is 11.8 Å². The van der Waals surface area contributed by atoms with Gasteiger partial charge in [0.15, 0.2) is 11.7 Å². The van der Waals surface area contributed by atoms with E-state index in [1.54, 1.807) is 37.6 Å². The maximum absolute atomic E-state index is 13.6. The number of carbonyl (C=O) groups excluding carboxylic acids is 1. The molecule has 69 heavy (non-hydrogen) atoms. The van der Waals surface area contributed by atoms with E-state index in [-0.39, 0.29) is 67.2 Å². The molecule has 0 spiro atoms. The lowest BCUT2D eigenvalue weighted by molar-refractivity contribution is -0.286. The summed E-state index contributed by atoms with van der Waals surface area (Å²) in [5.74, 6) is -1.95. The van der Waals surface area contributed by atoms with Gasteiger partial charge in [-0.25, -0.2) is 14.8 Å². The quantitative estimate of drug-likeness (QED) is 0.104. The van der Waals surface area contributed by atoms with Crippen molar-refractivity contribution in [3.05, 3.63) is 107 Å². The number of aromatic nitrogens is 2. The van der Waals surface area contributed by atoms with Crippen LogP contribution >= 0.6 is 15.9 Å². The number of nitrogens with zero attached hydrogens (tertiary/aromatic N) is 2. The molecule has 5 aliphatic rings. The number of oxazole rings is 2. The minimum Gasteiger partial charge on any atom is -0.458 e. The van der Waals surface area contributed by atoms with Crippen molar-refractivity contribution in [3.63, 3.8) is 0 Å². The highest BCUT2D eigenvalue weighted by molar-refractivity contribution is 9.11. The van der Waals surface area contributed by atoms with Crippen molar-refractivity contribution in [3.8, 4) is 0 Å². The lowest BCUT2D eigenvalue weighted by Crippen LogP contribution is -2.51. The molecule has 4 fully saturated rings. The summed E-state index contributed by atoms with van der Waals surface area (Å²) in [5.41, 5.74) is 3.86. The van der Waals surface area contributed by atoms with E-state index in [2.05, 4.69) is 22.5 Å². The van der Waals surface area contributed by atoms with Crippen LogP contribution in [0.1, 0.15) is 121 Å². The minimum absolute atomic E-state index is 0.0830. The number of esters is 1. The maximum Gasteiger partial charge on any atom is 0.330 e. The van der Waals surface area contributed by atoms with Gasteiger partial charge in [0.1, 0.15) is 36.1 Å². The molecule has 0 aliphatic carbocycles. The molecular formula is C53H71BrN2O13. The van der Waals surface area contributed by atoms with Crippen molar-refractivity contribution >= 4 is 34.1 Å². The van der Waals surface area contributed by atoms with Crippen LogP contribution in [0, 0.1) is 11.8 Å². The SMILES string of the molecule is C=C1C[C@H]2C/C=C\C(=O)O[C@@H]3[C@H](C)[C@H](C/C=C/c4nc(co4)[C@@H]4C[C@H](O)C[C@H](C[C@H](C1)O2)O4)O[C@H](/C(C)=C/c1coc(CC2(O)CC(OC)CC(C(O)/C=C(C)/C=C/C(C/C=C/Br)OC)O2)n1)[C@H]3C. The second kappa shape index (κ2) is 24.5. The number of fused-ring (bicyclic) bond motifs is 9. The van der Waals surface area contributed by atoms with E-state index < -0.39 is 48.4 Å². The van der Waals surface area contributed by atoms with Gasteiger partial charge in [-0.3, -0.25) is 0 Å². The zero-order valence-electron chi connectivity index (χ0n) is 40.7. The van der Waals surface area contributed by atoms with Crippen LogP contribution in [-0.2, 0) is 44.4 Å². The van der Waals surface area contributed by atoms with E-state index in [1.165, 1.54) is 12.3 Å².